The zero-order chi connectivity index (χ0) is 11.0. The van der Waals surface area contributed by atoms with Gasteiger partial charge < -0.3 is 24.8 Å². The van der Waals surface area contributed by atoms with Crippen LogP contribution in [-0.4, -0.2) is 27.6 Å². The van der Waals surface area contributed by atoms with Crippen LogP contribution in [-0.2, 0) is 4.79 Å². The molecule has 96 valence electrons. The molecular formula is C7H16Cl2N4OS2. The number of carbonyl (C=O) groups is 1. The van der Waals surface area contributed by atoms with Gasteiger partial charge in [0.15, 0.2) is 0 Å². The summed E-state index contributed by atoms with van der Waals surface area (Å²) in [6.07, 6.45) is 0.960. The maximum Gasteiger partial charge on any atom is 0.299 e. The number of hydrogen-bond acceptors (Lipinski definition) is 3. The van der Waals surface area contributed by atoms with Crippen LogP contribution in [0.25, 0.3) is 0 Å². The third-order valence-corrected chi connectivity index (χ3v) is 2.78. The SMILES string of the molecule is NC(=[NH2+])SCCC(=O)CCSC(N)=[NH2+].[Cl-].[Cl-]. The fourth-order valence-electron chi connectivity index (χ4n) is 0.690. The summed E-state index contributed by atoms with van der Waals surface area (Å²) in [6.45, 7) is 0. The average molecular weight is 307 g/mol. The van der Waals surface area contributed by atoms with Crippen molar-refractivity contribution in [3.05, 3.63) is 0 Å². The number of amidine groups is 2. The van der Waals surface area contributed by atoms with Gasteiger partial charge in [0, 0.05) is 24.3 Å². The molecule has 9 heteroatoms. The second-order valence-electron chi connectivity index (χ2n) is 2.54. The second-order valence-corrected chi connectivity index (χ2v) is 4.88. The quantitative estimate of drug-likeness (QED) is 0.287. The van der Waals surface area contributed by atoms with Crippen LogP contribution in [0.2, 0.25) is 0 Å². The largest absolute Gasteiger partial charge is 1.00 e. The van der Waals surface area contributed by atoms with Crippen LogP contribution in [0, 0.1) is 0 Å². The molecular weight excluding hydrogens is 291 g/mol. The monoisotopic (exact) mass is 306 g/mol. The normalized spacial score (nSPS) is 8.50. The van der Waals surface area contributed by atoms with E-state index in [0.717, 1.165) is 0 Å². The molecule has 5 nitrogen and oxygen atoms in total. The minimum Gasteiger partial charge on any atom is -1.00 e. The number of carbonyl (C=O) groups excluding carboxylic acids is 1. The van der Waals surface area contributed by atoms with Gasteiger partial charge in [0.25, 0.3) is 10.3 Å². The van der Waals surface area contributed by atoms with Crippen molar-refractivity contribution in [2.75, 3.05) is 11.5 Å². The number of Topliss-reactive ketones (excluding diaryl/α,β-unsaturated/α-hetero) is 1. The van der Waals surface area contributed by atoms with Crippen LogP contribution < -0.4 is 47.1 Å². The summed E-state index contributed by atoms with van der Waals surface area (Å²) in [5.74, 6) is 1.44. The Kier molecular flexibility index (Phi) is 17.2. The van der Waals surface area contributed by atoms with Gasteiger partial charge in [-0.3, -0.25) is 27.1 Å². The molecule has 0 aliphatic carbocycles. The van der Waals surface area contributed by atoms with E-state index in [4.69, 9.17) is 22.3 Å². The summed E-state index contributed by atoms with van der Waals surface area (Å²) in [6, 6.07) is 0. The van der Waals surface area contributed by atoms with E-state index in [1.54, 1.807) is 0 Å². The van der Waals surface area contributed by atoms with Gasteiger partial charge in [-0.05, 0) is 23.5 Å². The lowest BCUT2D eigenvalue weighted by molar-refractivity contribution is -0.118. The Morgan fingerprint density at radius 1 is 0.938 bits per heavy atom. The standard InChI is InChI=1S/C7H14N4OS2.2ClH/c8-6(9)13-3-1-5(12)2-4-14-7(10)11;;/h1-4H2,(H3,8,9)(H3,10,11);2*1H. The van der Waals surface area contributed by atoms with Crippen molar-refractivity contribution in [1.29, 1.82) is 0 Å². The van der Waals surface area contributed by atoms with Crippen molar-refractivity contribution < 1.29 is 40.4 Å². The number of halogens is 2. The smallest absolute Gasteiger partial charge is 0.299 e. The Morgan fingerprint density at radius 3 is 1.50 bits per heavy atom. The van der Waals surface area contributed by atoms with Gasteiger partial charge >= 0.3 is 0 Å². The van der Waals surface area contributed by atoms with Crippen molar-refractivity contribution in [2.24, 2.45) is 11.5 Å². The van der Waals surface area contributed by atoms with Crippen LogP contribution >= 0.6 is 23.5 Å². The molecule has 0 rings (SSSR count). The predicted octanol–water partition coefficient (Wildman–Crippen LogP) is -9.04. The first-order valence-electron chi connectivity index (χ1n) is 4.05. The fraction of sp³-hybridized carbons (Fsp3) is 0.571. The molecule has 0 saturated carbocycles. The van der Waals surface area contributed by atoms with Crippen LogP contribution in [0.5, 0.6) is 0 Å². The molecule has 8 N–H and O–H groups in total. The van der Waals surface area contributed by atoms with E-state index in [9.17, 15) is 4.79 Å². The molecule has 0 unspecified atom stereocenters. The number of thioether (sulfide) groups is 2. The lowest BCUT2D eigenvalue weighted by Crippen LogP contribution is -3.00. The number of hydrogen-bond donors (Lipinski definition) is 4. The van der Waals surface area contributed by atoms with Gasteiger partial charge in [-0.15, -0.1) is 0 Å². The number of ketones is 1. The van der Waals surface area contributed by atoms with Crippen LogP contribution in [0.15, 0.2) is 0 Å². The molecule has 0 saturated heterocycles. The highest BCUT2D eigenvalue weighted by Gasteiger charge is 2.05. The van der Waals surface area contributed by atoms with Crippen molar-refractivity contribution in [3.8, 4) is 0 Å². The predicted molar refractivity (Wildman–Crippen MR) is 61.4 cm³/mol. The summed E-state index contributed by atoms with van der Waals surface area (Å²) >= 11 is 2.58. The van der Waals surface area contributed by atoms with Gasteiger partial charge in [-0.1, -0.05) is 0 Å². The lowest BCUT2D eigenvalue weighted by atomic mass is 10.2. The van der Waals surface area contributed by atoms with Crippen LogP contribution in [0.3, 0.4) is 0 Å². The molecule has 0 heterocycles. The summed E-state index contributed by atoms with van der Waals surface area (Å²) in [4.78, 5) is 11.2. The van der Waals surface area contributed by atoms with Gasteiger partial charge in [0.2, 0.25) is 0 Å². The van der Waals surface area contributed by atoms with Gasteiger partial charge in [0.05, 0.1) is 0 Å². The minimum atomic E-state index is 0. The molecule has 0 spiro atoms. The highest BCUT2D eigenvalue weighted by Crippen LogP contribution is 2.05. The Morgan fingerprint density at radius 2 is 1.25 bits per heavy atom. The molecule has 0 bridgehead atoms. The summed E-state index contributed by atoms with van der Waals surface area (Å²) in [7, 11) is 0. The molecule has 0 aliphatic rings. The van der Waals surface area contributed by atoms with E-state index in [1.165, 1.54) is 23.5 Å². The first kappa shape index (κ1) is 21.2. The van der Waals surface area contributed by atoms with E-state index < -0.39 is 0 Å². The molecule has 0 radical (unpaired) electrons. The van der Waals surface area contributed by atoms with Crippen molar-refractivity contribution >= 4 is 39.6 Å². The van der Waals surface area contributed by atoms with Crippen LogP contribution in [0.1, 0.15) is 12.8 Å². The summed E-state index contributed by atoms with van der Waals surface area (Å²) in [5, 5.41) is 11.0. The third kappa shape index (κ3) is 16.3. The lowest BCUT2D eigenvalue weighted by Gasteiger charge is -1.97. The fourth-order valence-corrected chi connectivity index (χ4v) is 1.82. The van der Waals surface area contributed by atoms with Crippen molar-refractivity contribution in [3.63, 3.8) is 0 Å². The van der Waals surface area contributed by atoms with E-state index in [0.29, 0.717) is 34.7 Å². The zero-order valence-electron chi connectivity index (χ0n) is 8.62. The zero-order valence-corrected chi connectivity index (χ0v) is 11.8. The number of nitrogens with two attached hydrogens (primary N) is 4. The first-order valence-corrected chi connectivity index (χ1v) is 6.02. The second kappa shape index (κ2) is 13.0. The van der Waals surface area contributed by atoms with Gasteiger partial charge in [0.1, 0.15) is 5.78 Å². The average Bonchev–Trinajstić information content (AvgIpc) is 2.02. The van der Waals surface area contributed by atoms with Crippen molar-refractivity contribution in [2.45, 2.75) is 12.8 Å². The highest BCUT2D eigenvalue weighted by molar-refractivity contribution is 8.13. The molecule has 0 aromatic heterocycles. The highest BCUT2D eigenvalue weighted by atomic mass is 35.5. The molecule has 0 amide bonds. The minimum absolute atomic E-state index is 0. The van der Waals surface area contributed by atoms with Crippen LogP contribution in [0.4, 0.5) is 0 Å². The van der Waals surface area contributed by atoms with Gasteiger partial charge in [-0.25, -0.2) is 0 Å². The topological polar surface area (TPSA) is 120 Å². The molecule has 0 aliphatic heterocycles. The Hall–Kier alpha value is -0.110. The molecule has 0 fully saturated rings. The van der Waals surface area contributed by atoms with E-state index in [2.05, 4.69) is 0 Å². The summed E-state index contributed by atoms with van der Waals surface area (Å²) in [5.41, 5.74) is 10.4. The van der Waals surface area contributed by atoms with E-state index in [1.807, 2.05) is 0 Å². The number of rotatable bonds is 6. The molecule has 16 heavy (non-hydrogen) atoms. The maximum atomic E-state index is 11.2. The third-order valence-electron chi connectivity index (χ3n) is 1.30. The molecule has 0 aromatic carbocycles. The summed E-state index contributed by atoms with van der Waals surface area (Å²) < 4.78 is 0. The Labute approximate surface area is 116 Å². The van der Waals surface area contributed by atoms with Crippen molar-refractivity contribution in [1.82, 2.24) is 0 Å². The van der Waals surface area contributed by atoms with E-state index >= 15 is 0 Å². The molecule has 0 aromatic rings. The van der Waals surface area contributed by atoms with Gasteiger partial charge in [-0.2, -0.15) is 0 Å². The molecule has 0 atom stereocenters. The Bertz CT molecular complexity index is 218. The Balaban J connectivity index is -0.000000845. The van der Waals surface area contributed by atoms with E-state index in [-0.39, 0.29) is 30.6 Å². The first-order chi connectivity index (χ1) is 6.52. The maximum absolute atomic E-state index is 11.2.